The lowest BCUT2D eigenvalue weighted by atomic mass is 9.70. The maximum absolute atomic E-state index is 13.4. The van der Waals surface area contributed by atoms with E-state index in [1.165, 1.54) is 0 Å². The molecule has 6 nitrogen and oxygen atoms in total. The predicted molar refractivity (Wildman–Crippen MR) is 149 cm³/mol. The van der Waals surface area contributed by atoms with Crippen LogP contribution in [0.2, 0.25) is 15.1 Å². The molecule has 2 aromatic rings. The van der Waals surface area contributed by atoms with Crippen LogP contribution < -0.4 is 10.1 Å². The van der Waals surface area contributed by atoms with Crippen LogP contribution in [0.3, 0.4) is 0 Å². The highest BCUT2D eigenvalue weighted by atomic mass is 35.5. The van der Waals surface area contributed by atoms with E-state index in [4.69, 9.17) is 39.5 Å². The van der Waals surface area contributed by atoms with Gasteiger partial charge in [0.15, 0.2) is 18.2 Å². The van der Waals surface area contributed by atoms with E-state index in [-0.39, 0.29) is 18.2 Å². The molecule has 1 amide bonds. The molecule has 198 valence electrons. The van der Waals surface area contributed by atoms with Gasteiger partial charge in [-0.2, -0.15) is 0 Å². The summed E-state index contributed by atoms with van der Waals surface area (Å²) in [6, 6.07) is 9.92. The average Bonchev–Trinajstić information content (AvgIpc) is 2.89. The number of carbonyl (C=O) groups excluding carboxylic acids is 3. The second-order valence-corrected chi connectivity index (χ2v) is 10.9. The highest BCUT2D eigenvalue weighted by molar-refractivity contribution is 6.42. The van der Waals surface area contributed by atoms with E-state index in [2.05, 4.69) is 10.2 Å². The average molecular weight is 574 g/mol. The molecule has 2 aromatic carbocycles. The van der Waals surface area contributed by atoms with E-state index >= 15 is 0 Å². The molecule has 1 aliphatic heterocycles. The van der Waals surface area contributed by atoms with E-state index in [0.29, 0.717) is 62.6 Å². The highest BCUT2D eigenvalue weighted by Gasteiger charge is 2.43. The van der Waals surface area contributed by atoms with Crippen molar-refractivity contribution >= 4 is 58.0 Å². The molecule has 5 rings (SSSR count). The fraction of sp³-hybridized carbons (Fsp3) is 0.345. The van der Waals surface area contributed by atoms with E-state index < -0.39 is 11.8 Å². The molecule has 3 aliphatic rings. The van der Waals surface area contributed by atoms with Gasteiger partial charge in [-0.15, -0.1) is 0 Å². The number of ether oxygens (including phenoxy) is 1. The summed E-state index contributed by atoms with van der Waals surface area (Å²) >= 11 is 18.5. The molecule has 9 heteroatoms. The zero-order chi connectivity index (χ0) is 27.0. The first-order chi connectivity index (χ1) is 18.3. The quantitative estimate of drug-likeness (QED) is 0.399. The van der Waals surface area contributed by atoms with Gasteiger partial charge in [0, 0.05) is 64.1 Å². The molecule has 1 heterocycles. The first kappa shape index (κ1) is 26.8. The Morgan fingerprint density at radius 2 is 1.58 bits per heavy atom. The SMILES string of the molecule is CCN1C2=C(C(=O)CCC2)C(c2cc(Cl)ccc2OCC(=O)Nc2ccc(Cl)c(Cl)c2)C2=C1CCCC2=O. The number of nitrogens with one attached hydrogen (secondary N) is 1. The number of Topliss-reactive ketones (excluding diaryl/α,β-unsaturated/α-hetero) is 2. The minimum Gasteiger partial charge on any atom is -0.483 e. The van der Waals surface area contributed by atoms with Crippen molar-refractivity contribution in [1.82, 2.24) is 4.90 Å². The van der Waals surface area contributed by atoms with Crippen molar-refractivity contribution in [3.05, 3.63) is 79.6 Å². The summed E-state index contributed by atoms with van der Waals surface area (Å²) in [5.74, 6) is -0.475. The van der Waals surface area contributed by atoms with E-state index in [1.807, 2.05) is 6.92 Å². The van der Waals surface area contributed by atoms with Gasteiger partial charge in [0.05, 0.1) is 10.0 Å². The summed E-state index contributed by atoms with van der Waals surface area (Å²) in [6.45, 7) is 2.45. The zero-order valence-electron chi connectivity index (χ0n) is 20.9. The Hall–Kier alpha value is -2.80. The van der Waals surface area contributed by atoms with Gasteiger partial charge >= 0.3 is 0 Å². The Bertz CT molecular complexity index is 1350. The summed E-state index contributed by atoms with van der Waals surface area (Å²) in [4.78, 5) is 41.7. The van der Waals surface area contributed by atoms with Gasteiger partial charge < -0.3 is 15.0 Å². The maximum atomic E-state index is 13.4. The minimum atomic E-state index is -0.574. The number of amides is 1. The van der Waals surface area contributed by atoms with Crippen LogP contribution in [0.25, 0.3) is 0 Å². The summed E-state index contributed by atoms with van der Waals surface area (Å²) in [5.41, 5.74) is 4.40. The first-order valence-corrected chi connectivity index (χ1v) is 13.9. The number of nitrogens with zero attached hydrogens (tertiary/aromatic N) is 1. The Balaban J connectivity index is 1.51. The second kappa shape index (κ2) is 11.1. The number of benzene rings is 2. The standard InChI is InChI=1S/C29H27Cl3N2O4/c1-2-34-21-5-3-7-23(35)28(21)27(29-22(34)6-4-8-24(29)36)18-13-16(30)9-12-25(18)38-15-26(37)33-17-10-11-19(31)20(32)14-17/h9-14,27H,2-8,15H2,1H3,(H,33,37). The van der Waals surface area contributed by atoms with Gasteiger partial charge in [0.25, 0.3) is 5.91 Å². The molecule has 0 aromatic heterocycles. The van der Waals surface area contributed by atoms with Gasteiger partial charge in [-0.1, -0.05) is 34.8 Å². The van der Waals surface area contributed by atoms with Crippen molar-refractivity contribution in [2.45, 2.75) is 51.4 Å². The van der Waals surface area contributed by atoms with Gasteiger partial charge in [0.2, 0.25) is 0 Å². The van der Waals surface area contributed by atoms with Crippen molar-refractivity contribution in [3.63, 3.8) is 0 Å². The monoisotopic (exact) mass is 572 g/mol. The van der Waals surface area contributed by atoms with Crippen LogP contribution in [0.5, 0.6) is 5.75 Å². The Labute approximate surface area is 236 Å². The summed E-state index contributed by atoms with van der Waals surface area (Å²) in [5, 5.41) is 3.91. The number of allylic oxidation sites excluding steroid dienone is 4. The number of hydrogen-bond donors (Lipinski definition) is 1. The van der Waals surface area contributed by atoms with Crippen LogP contribution in [0, 0.1) is 0 Å². The molecule has 2 aliphatic carbocycles. The molecule has 0 radical (unpaired) electrons. The van der Waals surface area contributed by atoms with E-state index in [9.17, 15) is 14.4 Å². The number of ketones is 2. The Morgan fingerprint density at radius 1 is 0.921 bits per heavy atom. The number of carbonyl (C=O) groups is 3. The molecular formula is C29H27Cl3N2O4. The third-order valence-electron chi connectivity index (χ3n) is 7.25. The van der Waals surface area contributed by atoms with E-state index in [1.54, 1.807) is 36.4 Å². The van der Waals surface area contributed by atoms with Crippen LogP contribution >= 0.6 is 34.8 Å². The Morgan fingerprint density at radius 3 is 2.18 bits per heavy atom. The van der Waals surface area contributed by atoms with Gasteiger partial charge in [-0.3, -0.25) is 14.4 Å². The molecule has 0 fully saturated rings. The largest absolute Gasteiger partial charge is 0.483 e. The highest BCUT2D eigenvalue weighted by Crippen LogP contribution is 2.51. The molecule has 0 bridgehead atoms. The van der Waals surface area contributed by atoms with Crippen molar-refractivity contribution < 1.29 is 19.1 Å². The molecule has 0 saturated carbocycles. The molecule has 38 heavy (non-hydrogen) atoms. The van der Waals surface area contributed by atoms with E-state index in [0.717, 1.165) is 37.1 Å². The topological polar surface area (TPSA) is 75.7 Å². The molecule has 1 N–H and O–H groups in total. The van der Waals surface area contributed by atoms with Crippen LogP contribution in [0.15, 0.2) is 58.9 Å². The summed E-state index contributed by atoms with van der Waals surface area (Å²) in [7, 11) is 0. The smallest absolute Gasteiger partial charge is 0.262 e. The summed E-state index contributed by atoms with van der Waals surface area (Å²) in [6.07, 6.45) is 3.99. The summed E-state index contributed by atoms with van der Waals surface area (Å²) < 4.78 is 6.01. The van der Waals surface area contributed by atoms with Crippen molar-refractivity contribution in [1.29, 1.82) is 0 Å². The normalized spacial score (nSPS) is 17.9. The fourth-order valence-electron chi connectivity index (χ4n) is 5.70. The van der Waals surface area contributed by atoms with Crippen LogP contribution in [0.4, 0.5) is 5.69 Å². The zero-order valence-corrected chi connectivity index (χ0v) is 23.2. The third-order valence-corrected chi connectivity index (χ3v) is 8.22. The molecular weight excluding hydrogens is 547 g/mol. The predicted octanol–water partition coefficient (Wildman–Crippen LogP) is 7.10. The van der Waals surface area contributed by atoms with Crippen LogP contribution in [0.1, 0.15) is 56.9 Å². The van der Waals surface area contributed by atoms with Crippen molar-refractivity contribution in [3.8, 4) is 5.75 Å². The molecule has 0 unspecified atom stereocenters. The molecule has 0 spiro atoms. The molecule has 0 atom stereocenters. The number of hydrogen-bond acceptors (Lipinski definition) is 5. The minimum absolute atomic E-state index is 0.0444. The number of rotatable bonds is 6. The second-order valence-electron chi connectivity index (χ2n) is 9.60. The first-order valence-electron chi connectivity index (χ1n) is 12.8. The van der Waals surface area contributed by atoms with Gasteiger partial charge in [0.1, 0.15) is 5.75 Å². The van der Waals surface area contributed by atoms with Crippen molar-refractivity contribution in [2.75, 3.05) is 18.5 Å². The number of halogens is 3. The van der Waals surface area contributed by atoms with Crippen LogP contribution in [-0.2, 0) is 14.4 Å². The lowest BCUT2D eigenvalue weighted by Gasteiger charge is -2.43. The molecule has 0 saturated heterocycles. The third kappa shape index (κ3) is 5.09. The lowest BCUT2D eigenvalue weighted by molar-refractivity contribution is -0.119. The van der Waals surface area contributed by atoms with Crippen molar-refractivity contribution in [2.24, 2.45) is 0 Å². The van der Waals surface area contributed by atoms with Crippen LogP contribution in [-0.4, -0.2) is 35.5 Å². The van der Waals surface area contributed by atoms with Gasteiger partial charge in [-0.25, -0.2) is 0 Å². The maximum Gasteiger partial charge on any atom is 0.262 e. The number of anilines is 1. The Kier molecular flexibility index (Phi) is 7.85. The fourth-order valence-corrected chi connectivity index (χ4v) is 6.18. The lowest BCUT2D eigenvalue weighted by Crippen LogP contribution is -2.39. The van der Waals surface area contributed by atoms with Gasteiger partial charge in [-0.05, 0) is 69.0 Å².